The fraction of sp³-hybridized carbons (Fsp3) is 0.625. The van der Waals surface area contributed by atoms with Crippen LogP contribution in [0.15, 0.2) is 18.2 Å². The number of hydrogen-bond donors (Lipinski definition) is 1. The number of rotatable bonds is 3. The molecule has 0 bridgehead atoms. The third-order valence-corrected chi connectivity index (χ3v) is 4.99. The highest BCUT2D eigenvalue weighted by Gasteiger charge is 2.34. The van der Waals surface area contributed by atoms with Gasteiger partial charge in [0.15, 0.2) is 0 Å². The summed E-state index contributed by atoms with van der Waals surface area (Å²) in [5, 5.41) is 5.29. The summed E-state index contributed by atoms with van der Waals surface area (Å²) in [6.45, 7) is 5.73. The Morgan fingerprint density at radius 3 is 2.68 bits per heavy atom. The molecule has 0 aromatic heterocycles. The second kappa shape index (κ2) is 6.47. The van der Waals surface area contributed by atoms with E-state index in [0.29, 0.717) is 10.9 Å². The van der Waals surface area contributed by atoms with Gasteiger partial charge in [-0.15, -0.1) is 0 Å². The molecule has 0 spiro atoms. The maximum absolute atomic E-state index is 6.34. The average Bonchev–Trinajstić information content (AvgIpc) is 2.59. The van der Waals surface area contributed by atoms with Crippen molar-refractivity contribution >= 4 is 23.2 Å². The fourth-order valence-electron chi connectivity index (χ4n) is 3.02. The summed E-state index contributed by atoms with van der Waals surface area (Å²) in [7, 11) is 0. The molecule has 1 saturated heterocycles. The molecule has 0 saturated carbocycles. The zero-order chi connectivity index (χ0) is 13.9. The van der Waals surface area contributed by atoms with Crippen LogP contribution in [0.1, 0.15) is 45.1 Å². The van der Waals surface area contributed by atoms with Crippen LogP contribution in [0.4, 0.5) is 0 Å². The lowest BCUT2D eigenvalue weighted by Crippen LogP contribution is -2.51. The van der Waals surface area contributed by atoms with Gasteiger partial charge in [-0.2, -0.15) is 0 Å². The lowest BCUT2D eigenvalue weighted by Gasteiger charge is -2.38. The van der Waals surface area contributed by atoms with Gasteiger partial charge < -0.3 is 5.32 Å². The molecule has 1 N–H and O–H groups in total. The highest BCUT2D eigenvalue weighted by molar-refractivity contribution is 6.35. The molecule has 19 heavy (non-hydrogen) atoms. The first-order valence-electron chi connectivity index (χ1n) is 7.22. The Labute approximate surface area is 126 Å². The molecule has 1 aliphatic heterocycles. The van der Waals surface area contributed by atoms with Gasteiger partial charge in [0, 0.05) is 15.6 Å². The molecule has 0 amide bonds. The minimum absolute atomic E-state index is 0.175. The molecular formula is C16H23Cl2N. The molecule has 0 radical (unpaired) electrons. The fourth-order valence-corrected chi connectivity index (χ4v) is 3.50. The maximum Gasteiger partial charge on any atom is 0.0453 e. The summed E-state index contributed by atoms with van der Waals surface area (Å²) in [6.07, 6.45) is 6.12. The molecule has 3 heteroatoms. The summed E-state index contributed by atoms with van der Waals surface area (Å²) in [5.74, 6) is 0.595. The molecule has 1 fully saturated rings. The van der Waals surface area contributed by atoms with Gasteiger partial charge >= 0.3 is 0 Å². The van der Waals surface area contributed by atoms with Gasteiger partial charge in [-0.3, -0.25) is 0 Å². The van der Waals surface area contributed by atoms with E-state index in [-0.39, 0.29) is 5.54 Å². The maximum atomic E-state index is 6.34. The molecular weight excluding hydrogens is 277 g/mol. The second-order valence-corrected chi connectivity index (χ2v) is 6.80. The van der Waals surface area contributed by atoms with Gasteiger partial charge in [-0.25, -0.2) is 0 Å². The summed E-state index contributed by atoms with van der Waals surface area (Å²) in [4.78, 5) is 0. The Morgan fingerprint density at radius 2 is 2.00 bits per heavy atom. The zero-order valence-electron chi connectivity index (χ0n) is 11.8. The molecule has 1 aliphatic rings. The van der Waals surface area contributed by atoms with Crippen LogP contribution in [-0.4, -0.2) is 12.1 Å². The molecule has 1 aromatic rings. The van der Waals surface area contributed by atoms with E-state index in [1.165, 1.54) is 31.2 Å². The molecule has 0 aliphatic carbocycles. The third-order valence-electron chi connectivity index (χ3n) is 4.40. The van der Waals surface area contributed by atoms with Crippen molar-refractivity contribution in [2.24, 2.45) is 5.92 Å². The Hall–Kier alpha value is -0.240. The van der Waals surface area contributed by atoms with E-state index in [0.717, 1.165) is 18.0 Å². The SMILES string of the molecule is CC(C)C1(Cc2ccc(Cl)cc2Cl)CCCCCN1. The Balaban J connectivity index is 2.24. The summed E-state index contributed by atoms with van der Waals surface area (Å²) in [5.41, 5.74) is 1.38. The van der Waals surface area contributed by atoms with Crippen LogP contribution in [0.5, 0.6) is 0 Å². The van der Waals surface area contributed by atoms with Crippen molar-refractivity contribution in [3.63, 3.8) is 0 Å². The van der Waals surface area contributed by atoms with Gasteiger partial charge in [-0.05, 0) is 49.4 Å². The van der Waals surface area contributed by atoms with E-state index in [4.69, 9.17) is 23.2 Å². The van der Waals surface area contributed by atoms with E-state index in [1.807, 2.05) is 12.1 Å². The predicted octanol–water partition coefficient (Wildman–Crippen LogP) is 5.09. The lowest BCUT2D eigenvalue weighted by atomic mass is 9.77. The normalized spacial score (nSPS) is 24.5. The van der Waals surface area contributed by atoms with Crippen molar-refractivity contribution < 1.29 is 0 Å². The predicted molar refractivity (Wildman–Crippen MR) is 84.2 cm³/mol. The largest absolute Gasteiger partial charge is 0.311 e. The van der Waals surface area contributed by atoms with E-state index >= 15 is 0 Å². The number of hydrogen-bond acceptors (Lipinski definition) is 1. The average molecular weight is 300 g/mol. The van der Waals surface area contributed by atoms with Crippen molar-refractivity contribution in [3.8, 4) is 0 Å². The highest BCUT2D eigenvalue weighted by Crippen LogP contribution is 2.33. The lowest BCUT2D eigenvalue weighted by molar-refractivity contribution is 0.226. The second-order valence-electron chi connectivity index (χ2n) is 5.96. The third kappa shape index (κ3) is 3.65. The molecule has 1 aromatic carbocycles. The van der Waals surface area contributed by atoms with E-state index in [2.05, 4.69) is 25.2 Å². The van der Waals surface area contributed by atoms with Crippen LogP contribution < -0.4 is 5.32 Å². The topological polar surface area (TPSA) is 12.0 Å². The molecule has 1 heterocycles. The zero-order valence-corrected chi connectivity index (χ0v) is 13.3. The first-order chi connectivity index (χ1) is 9.03. The molecule has 106 valence electrons. The van der Waals surface area contributed by atoms with Gasteiger partial charge in [-0.1, -0.05) is 56.0 Å². The summed E-state index contributed by atoms with van der Waals surface area (Å²) < 4.78 is 0. The van der Waals surface area contributed by atoms with Gasteiger partial charge in [0.25, 0.3) is 0 Å². The summed E-state index contributed by atoms with van der Waals surface area (Å²) in [6, 6.07) is 5.86. The van der Waals surface area contributed by atoms with Gasteiger partial charge in [0.2, 0.25) is 0 Å². The number of benzene rings is 1. The van der Waals surface area contributed by atoms with Crippen molar-refractivity contribution in [1.29, 1.82) is 0 Å². The Morgan fingerprint density at radius 1 is 1.21 bits per heavy atom. The van der Waals surface area contributed by atoms with Crippen LogP contribution in [-0.2, 0) is 6.42 Å². The molecule has 1 atom stereocenters. The van der Waals surface area contributed by atoms with Crippen molar-refractivity contribution in [2.45, 2.75) is 51.5 Å². The van der Waals surface area contributed by atoms with Crippen molar-refractivity contribution in [2.75, 3.05) is 6.54 Å². The standard InChI is InChI=1S/C16H23Cl2N/c1-12(2)16(8-4-3-5-9-19-16)11-13-6-7-14(17)10-15(13)18/h6-7,10,12,19H,3-5,8-9,11H2,1-2H3. The first-order valence-corrected chi connectivity index (χ1v) is 7.98. The van der Waals surface area contributed by atoms with Crippen LogP contribution in [0, 0.1) is 5.92 Å². The van der Waals surface area contributed by atoms with Crippen LogP contribution in [0.3, 0.4) is 0 Å². The van der Waals surface area contributed by atoms with E-state index in [1.54, 1.807) is 0 Å². The number of nitrogens with one attached hydrogen (secondary N) is 1. The summed E-state index contributed by atoms with van der Waals surface area (Å²) >= 11 is 12.3. The highest BCUT2D eigenvalue weighted by atomic mass is 35.5. The van der Waals surface area contributed by atoms with Crippen molar-refractivity contribution in [1.82, 2.24) is 5.32 Å². The monoisotopic (exact) mass is 299 g/mol. The Kier molecular flexibility index (Phi) is 5.16. The van der Waals surface area contributed by atoms with E-state index in [9.17, 15) is 0 Å². The van der Waals surface area contributed by atoms with Gasteiger partial charge in [0.05, 0.1) is 0 Å². The van der Waals surface area contributed by atoms with Crippen LogP contribution >= 0.6 is 23.2 Å². The van der Waals surface area contributed by atoms with Crippen LogP contribution in [0.25, 0.3) is 0 Å². The Bertz CT molecular complexity index is 421. The van der Waals surface area contributed by atoms with E-state index < -0.39 is 0 Å². The quantitative estimate of drug-likeness (QED) is 0.819. The van der Waals surface area contributed by atoms with Crippen LogP contribution in [0.2, 0.25) is 10.0 Å². The van der Waals surface area contributed by atoms with Crippen molar-refractivity contribution in [3.05, 3.63) is 33.8 Å². The minimum atomic E-state index is 0.175. The smallest absolute Gasteiger partial charge is 0.0453 e. The minimum Gasteiger partial charge on any atom is -0.311 e. The molecule has 1 unspecified atom stereocenters. The number of halogens is 2. The molecule has 1 nitrogen and oxygen atoms in total. The van der Waals surface area contributed by atoms with Gasteiger partial charge in [0.1, 0.15) is 0 Å². The molecule has 2 rings (SSSR count). The first kappa shape index (κ1) is 15.2.